The van der Waals surface area contributed by atoms with E-state index in [4.69, 9.17) is 4.98 Å². The van der Waals surface area contributed by atoms with E-state index in [1.165, 1.54) is 0 Å². The lowest BCUT2D eigenvalue weighted by molar-refractivity contribution is 0.000466. The van der Waals surface area contributed by atoms with Crippen molar-refractivity contribution in [2.75, 3.05) is 31.1 Å². The fourth-order valence-corrected chi connectivity index (χ4v) is 4.91. The van der Waals surface area contributed by atoms with E-state index >= 15 is 0 Å². The first-order chi connectivity index (χ1) is 12.0. The topological polar surface area (TPSA) is 41.4 Å². The van der Waals surface area contributed by atoms with Crippen molar-refractivity contribution in [3.05, 3.63) is 23.4 Å². The van der Waals surface area contributed by atoms with Gasteiger partial charge < -0.3 is 14.4 Å². The number of carbonyl (C=O) groups excluding carboxylic acids is 1. The zero-order chi connectivity index (χ0) is 17.3. The van der Waals surface area contributed by atoms with Crippen LogP contribution in [0.4, 0.5) is 10.2 Å². The minimum Gasteiger partial charge on any atom is -0.355 e. The van der Waals surface area contributed by atoms with E-state index in [1.54, 1.807) is 0 Å². The number of alkyl halides is 1. The van der Waals surface area contributed by atoms with Crippen molar-refractivity contribution in [1.82, 2.24) is 14.5 Å². The summed E-state index contributed by atoms with van der Waals surface area (Å²) in [6, 6.07) is 4.05. The monoisotopic (exact) mass is 342 g/mol. The van der Waals surface area contributed by atoms with Crippen LogP contribution in [0.15, 0.2) is 12.1 Å². The number of hydrogen-bond acceptors (Lipinski definition) is 3. The van der Waals surface area contributed by atoms with E-state index < -0.39 is 6.17 Å². The average Bonchev–Trinajstić information content (AvgIpc) is 2.83. The molecule has 4 heterocycles. The molecule has 3 aliphatic rings. The summed E-state index contributed by atoms with van der Waals surface area (Å²) in [4.78, 5) is 21.8. The summed E-state index contributed by atoms with van der Waals surface area (Å²) < 4.78 is 15.3. The van der Waals surface area contributed by atoms with Crippen LogP contribution in [0.25, 0.3) is 11.0 Å². The second-order valence-electron chi connectivity index (χ2n) is 7.92. The van der Waals surface area contributed by atoms with Gasteiger partial charge in [0.1, 0.15) is 17.6 Å². The van der Waals surface area contributed by atoms with E-state index in [0.717, 1.165) is 60.7 Å². The quantitative estimate of drug-likeness (QED) is 0.842. The molecule has 2 aliphatic heterocycles. The highest BCUT2D eigenvalue weighted by atomic mass is 19.1. The third-order valence-electron chi connectivity index (χ3n) is 6.33. The average molecular weight is 342 g/mol. The van der Waals surface area contributed by atoms with Gasteiger partial charge in [0.15, 0.2) is 0 Å². The van der Waals surface area contributed by atoms with E-state index in [9.17, 15) is 9.18 Å². The van der Waals surface area contributed by atoms with Gasteiger partial charge in [-0.15, -0.1) is 0 Å². The van der Waals surface area contributed by atoms with Crippen molar-refractivity contribution >= 4 is 22.8 Å². The summed E-state index contributed by atoms with van der Waals surface area (Å²) in [5.41, 5.74) is 2.99. The molecule has 132 valence electrons. The highest BCUT2D eigenvalue weighted by molar-refractivity contribution is 6.08. The summed E-state index contributed by atoms with van der Waals surface area (Å²) in [6.45, 7) is 5.34. The largest absolute Gasteiger partial charge is 0.355 e. The number of aromatic nitrogens is 2. The minimum atomic E-state index is -0.607. The maximum atomic E-state index is 13.2. The number of carbonyl (C=O) groups is 1. The Bertz CT molecular complexity index is 875. The van der Waals surface area contributed by atoms with E-state index in [-0.39, 0.29) is 11.3 Å². The van der Waals surface area contributed by atoms with Crippen LogP contribution in [-0.4, -0.2) is 52.7 Å². The van der Waals surface area contributed by atoms with Crippen LogP contribution in [-0.2, 0) is 13.5 Å². The molecule has 1 saturated heterocycles. The number of nitrogens with zero attached hydrogens (tertiary/aromatic N) is 4. The van der Waals surface area contributed by atoms with Crippen molar-refractivity contribution in [2.24, 2.45) is 12.5 Å². The number of fused-ring (bicyclic) bond motifs is 3. The van der Waals surface area contributed by atoms with Crippen LogP contribution in [0.1, 0.15) is 35.8 Å². The fraction of sp³-hybridized carbons (Fsp3) is 0.579. The summed E-state index contributed by atoms with van der Waals surface area (Å²) in [5, 5.41) is 0.951. The zero-order valence-electron chi connectivity index (χ0n) is 14.8. The van der Waals surface area contributed by atoms with Crippen molar-refractivity contribution in [3.63, 3.8) is 0 Å². The van der Waals surface area contributed by atoms with Crippen molar-refractivity contribution in [3.8, 4) is 0 Å². The molecule has 0 unspecified atom stereocenters. The lowest BCUT2D eigenvalue weighted by Gasteiger charge is -2.57. The molecule has 25 heavy (non-hydrogen) atoms. The molecule has 5 rings (SSSR count). The van der Waals surface area contributed by atoms with Gasteiger partial charge in [0.05, 0.1) is 5.56 Å². The number of halogens is 1. The highest BCUT2D eigenvalue weighted by Gasteiger charge is 2.53. The molecule has 0 N–H and O–H groups in total. The predicted octanol–water partition coefficient (Wildman–Crippen LogP) is 2.53. The van der Waals surface area contributed by atoms with Crippen LogP contribution in [0.3, 0.4) is 0 Å². The smallest absolute Gasteiger partial charge is 0.256 e. The second-order valence-corrected chi connectivity index (χ2v) is 7.92. The predicted molar refractivity (Wildman–Crippen MR) is 94.8 cm³/mol. The maximum Gasteiger partial charge on any atom is 0.256 e. The molecule has 1 spiro atoms. The number of hydrogen-bond donors (Lipinski definition) is 0. The highest BCUT2D eigenvalue weighted by Crippen LogP contribution is 2.50. The van der Waals surface area contributed by atoms with Gasteiger partial charge in [0.25, 0.3) is 5.91 Å². The Morgan fingerprint density at radius 3 is 2.76 bits per heavy atom. The Morgan fingerprint density at radius 1 is 1.32 bits per heavy atom. The molecular formula is C19H23FN4O. The van der Waals surface area contributed by atoms with Gasteiger partial charge in [-0.2, -0.15) is 0 Å². The molecular weight excluding hydrogens is 319 g/mol. The molecule has 1 aliphatic carbocycles. The standard InChI is InChI=1S/C19H23FN4O/c1-3-23-7-6-14-16(18(23)25)13-4-5-15(21-17(13)22(14)2)24-10-19(11-24)8-12(20)9-19/h4-5,12H,3,6-11H2,1-2H3. The number of aryl methyl sites for hydroxylation is 1. The Morgan fingerprint density at radius 2 is 2.08 bits per heavy atom. The summed E-state index contributed by atoms with van der Waals surface area (Å²) >= 11 is 0. The third-order valence-corrected chi connectivity index (χ3v) is 6.33. The van der Waals surface area contributed by atoms with Crippen molar-refractivity contribution in [1.29, 1.82) is 0 Å². The van der Waals surface area contributed by atoms with Gasteiger partial charge in [0, 0.05) is 56.1 Å². The molecule has 5 nitrogen and oxygen atoms in total. The lowest BCUT2D eigenvalue weighted by atomic mass is 9.62. The van der Waals surface area contributed by atoms with Gasteiger partial charge in [-0.25, -0.2) is 9.37 Å². The van der Waals surface area contributed by atoms with Crippen molar-refractivity contribution in [2.45, 2.75) is 32.4 Å². The Hall–Kier alpha value is -2.11. The molecule has 2 aromatic heterocycles. The zero-order valence-corrected chi connectivity index (χ0v) is 14.8. The number of anilines is 1. The fourth-order valence-electron chi connectivity index (χ4n) is 4.91. The molecule has 1 amide bonds. The number of rotatable bonds is 2. The van der Waals surface area contributed by atoms with Crippen LogP contribution in [0.5, 0.6) is 0 Å². The summed E-state index contributed by atoms with van der Waals surface area (Å²) in [6.07, 6.45) is 1.67. The number of likely N-dealkylation sites (N-methyl/N-ethyl adjacent to an activating group) is 1. The van der Waals surface area contributed by atoms with Gasteiger partial charge in [-0.3, -0.25) is 4.79 Å². The molecule has 0 bridgehead atoms. The van der Waals surface area contributed by atoms with Gasteiger partial charge in [-0.1, -0.05) is 0 Å². The minimum absolute atomic E-state index is 0.121. The third kappa shape index (κ3) is 1.99. The lowest BCUT2D eigenvalue weighted by Crippen LogP contribution is -2.63. The van der Waals surface area contributed by atoms with Gasteiger partial charge in [-0.05, 0) is 31.9 Å². The Balaban J connectivity index is 1.50. The molecule has 2 aromatic rings. The van der Waals surface area contributed by atoms with E-state index in [0.29, 0.717) is 12.8 Å². The van der Waals surface area contributed by atoms with E-state index in [2.05, 4.69) is 9.47 Å². The van der Waals surface area contributed by atoms with Crippen LogP contribution in [0, 0.1) is 5.41 Å². The molecule has 0 radical (unpaired) electrons. The molecule has 2 fully saturated rings. The first kappa shape index (κ1) is 15.2. The van der Waals surface area contributed by atoms with Crippen molar-refractivity contribution < 1.29 is 9.18 Å². The van der Waals surface area contributed by atoms with Crippen LogP contribution < -0.4 is 4.90 Å². The molecule has 1 saturated carbocycles. The van der Waals surface area contributed by atoms with Gasteiger partial charge in [0.2, 0.25) is 0 Å². The van der Waals surface area contributed by atoms with Crippen LogP contribution in [0.2, 0.25) is 0 Å². The Labute approximate surface area is 146 Å². The van der Waals surface area contributed by atoms with Crippen LogP contribution >= 0.6 is 0 Å². The molecule has 0 atom stereocenters. The normalized spacial score (nSPS) is 22.3. The second kappa shape index (κ2) is 4.96. The first-order valence-electron chi connectivity index (χ1n) is 9.18. The number of amides is 1. The summed E-state index contributed by atoms with van der Waals surface area (Å²) in [7, 11) is 2.00. The SMILES string of the molecule is CCN1CCc2c(c3ccc(N4CC5(CC(F)C5)C4)nc3n2C)C1=O. The number of pyridine rings is 1. The summed E-state index contributed by atoms with van der Waals surface area (Å²) in [5.74, 6) is 1.06. The first-order valence-corrected chi connectivity index (χ1v) is 9.18. The molecule has 0 aromatic carbocycles. The Kier molecular flexibility index (Phi) is 3.01. The van der Waals surface area contributed by atoms with E-state index in [1.807, 2.05) is 31.0 Å². The molecule has 6 heteroatoms. The van der Waals surface area contributed by atoms with Gasteiger partial charge >= 0.3 is 0 Å². The maximum absolute atomic E-state index is 13.2.